The van der Waals surface area contributed by atoms with Crippen molar-refractivity contribution >= 4 is 27.1 Å². The van der Waals surface area contributed by atoms with Crippen LogP contribution in [0.1, 0.15) is 6.92 Å². The third kappa shape index (κ3) is 5.04. The molecule has 0 aliphatic carbocycles. The molecule has 15 heavy (non-hydrogen) atoms. The van der Waals surface area contributed by atoms with Crippen LogP contribution in [0.15, 0.2) is 24.3 Å². The van der Waals surface area contributed by atoms with Crippen molar-refractivity contribution in [2.24, 2.45) is 0 Å². The summed E-state index contributed by atoms with van der Waals surface area (Å²) in [6.07, 6.45) is 1.23. The van der Waals surface area contributed by atoms with Crippen LogP contribution >= 0.6 is 11.6 Å². The van der Waals surface area contributed by atoms with Gasteiger partial charge in [-0.25, -0.2) is 8.42 Å². The lowest BCUT2D eigenvalue weighted by Gasteiger charge is -2.13. The summed E-state index contributed by atoms with van der Waals surface area (Å²) in [5, 5.41) is 3.75. The molecule has 5 heteroatoms. The zero-order chi connectivity index (χ0) is 11.5. The number of halogens is 1. The van der Waals surface area contributed by atoms with Crippen LogP contribution in [0.2, 0.25) is 5.02 Å². The smallest absolute Gasteiger partial charge is 0.149 e. The topological polar surface area (TPSA) is 46.2 Å². The maximum absolute atomic E-state index is 11.0. The number of anilines is 1. The first-order valence-corrected chi connectivity index (χ1v) is 7.00. The molecular formula is C10H14ClNO2S. The fourth-order valence-electron chi connectivity index (χ4n) is 1.33. The molecule has 0 amide bonds. The summed E-state index contributed by atoms with van der Waals surface area (Å²) in [6, 6.07) is 7.05. The summed E-state index contributed by atoms with van der Waals surface area (Å²) in [5.41, 5.74) is 0.871. The molecule has 0 aliphatic heterocycles. The summed E-state index contributed by atoms with van der Waals surface area (Å²) >= 11 is 5.73. The number of rotatable bonds is 4. The van der Waals surface area contributed by atoms with Gasteiger partial charge in [0.1, 0.15) is 9.84 Å². The minimum absolute atomic E-state index is 0.110. The third-order valence-corrected chi connectivity index (χ3v) is 3.17. The van der Waals surface area contributed by atoms with Gasteiger partial charge in [-0.2, -0.15) is 0 Å². The number of hydrogen-bond acceptors (Lipinski definition) is 3. The summed E-state index contributed by atoms with van der Waals surface area (Å²) in [4.78, 5) is 0. The Bertz CT molecular complexity index is 414. The Hall–Kier alpha value is -0.740. The second-order valence-corrected chi connectivity index (χ2v) is 6.27. The largest absolute Gasteiger partial charge is 0.382 e. The van der Waals surface area contributed by atoms with E-state index in [2.05, 4.69) is 5.32 Å². The molecule has 0 aliphatic rings. The van der Waals surface area contributed by atoms with Gasteiger partial charge >= 0.3 is 0 Å². The average Bonchev–Trinajstić information content (AvgIpc) is 2.05. The molecule has 0 saturated carbocycles. The van der Waals surface area contributed by atoms with Crippen LogP contribution in [-0.2, 0) is 9.84 Å². The van der Waals surface area contributed by atoms with E-state index < -0.39 is 9.84 Å². The van der Waals surface area contributed by atoms with Crippen molar-refractivity contribution < 1.29 is 8.42 Å². The molecule has 1 rings (SSSR count). The molecule has 0 heterocycles. The van der Waals surface area contributed by atoms with Crippen LogP contribution in [0.4, 0.5) is 5.69 Å². The van der Waals surface area contributed by atoms with Gasteiger partial charge in [0, 0.05) is 23.0 Å². The van der Waals surface area contributed by atoms with Gasteiger partial charge in [0.15, 0.2) is 0 Å². The van der Waals surface area contributed by atoms with E-state index in [1.54, 1.807) is 12.1 Å². The lowest BCUT2D eigenvalue weighted by Crippen LogP contribution is -2.24. The highest BCUT2D eigenvalue weighted by Gasteiger charge is 2.09. The van der Waals surface area contributed by atoms with E-state index in [1.165, 1.54) is 6.26 Å². The Morgan fingerprint density at radius 3 is 2.33 bits per heavy atom. The normalized spacial score (nSPS) is 13.5. The molecule has 0 fully saturated rings. The second kappa shape index (κ2) is 4.86. The lowest BCUT2D eigenvalue weighted by atomic mass is 10.3. The van der Waals surface area contributed by atoms with Crippen molar-refractivity contribution in [1.82, 2.24) is 0 Å². The first kappa shape index (κ1) is 12.3. The molecule has 1 N–H and O–H groups in total. The zero-order valence-corrected chi connectivity index (χ0v) is 10.3. The Kier molecular flexibility index (Phi) is 3.99. The Morgan fingerprint density at radius 2 is 1.87 bits per heavy atom. The Labute approximate surface area is 95.4 Å². The van der Waals surface area contributed by atoms with Crippen LogP contribution in [0.5, 0.6) is 0 Å². The van der Waals surface area contributed by atoms with Gasteiger partial charge < -0.3 is 5.32 Å². The van der Waals surface area contributed by atoms with Gasteiger partial charge in [-0.05, 0) is 31.2 Å². The second-order valence-electron chi connectivity index (χ2n) is 3.64. The van der Waals surface area contributed by atoms with E-state index >= 15 is 0 Å². The van der Waals surface area contributed by atoms with Crippen molar-refractivity contribution in [2.45, 2.75) is 13.0 Å². The van der Waals surface area contributed by atoms with Crippen LogP contribution in [0.25, 0.3) is 0 Å². The number of benzene rings is 1. The predicted octanol–water partition coefficient (Wildman–Crippen LogP) is 2.18. The molecular weight excluding hydrogens is 234 g/mol. The van der Waals surface area contributed by atoms with Crippen LogP contribution in [0.3, 0.4) is 0 Å². The molecule has 1 aromatic rings. The SMILES string of the molecule is CC(CS(C)(=O)=O)Nc1ccc(Cl)cc1. The molecule has 1 aromatic carbocycles. The standard InChI is InChI=1S/C10H14ClNO2S/c1-8(7-15(2,13)14)12-10-5-3-9(11)4-6-10/h3-6,8,12H,7H2,1-2H3. The van der Waals surface area contributed by atoms with Crippen molar-refractivity contribution in [3.63, 3.8) is 0 Å². The van der Waals surface area contributed by atoms with Crippen molar-refractivity contribution in [3.05, 3.63) is 29.3 Å². The van der Waals surface area contributed by atoms with Crippen molar-refractivity contribution in [1.29, 1.82) is 0 Å². The van der Waals surface area contributed by atoms with E-state index in [9.17, 15) is 8.42 Å². The van der Waals surface area contributed by atoms with Gasteiger partial charge in [-0.15, -0.1) is 0 Å². The zero-order valence-electron chi connectivity index (χ0n) is 8.70. The van der Waals surface area contributed by atoms with Crippen LogP contribution in [0, 0.1) is 0 Å². The van der Waals surface area contributed by atoms with Crippen molar-refractivity contribution in [2.75, 3.05) is 17.3 Å². The Balaban J connectivity index is 2.59. The number of nitrogens with one attached hydrogen (secondary N) is 1. The summed E-state index contributed by atoms with van der Waals surface area (Å²) in [6.45, 7) is 1.83. The van der Waals surface area contributed by atoms with Gasteiger partial charge in [-0.1, -0.05) is 11.6 Å². The van der Waals surface area contributed by atoms with Crippen LogP contribution in [-0.4, -0.2) is 26.5 Å². The third-order valence-electron chi connectivity index (χ3n) is 1.81. The minimum atomic E-state index is -2.94. The highest BCUT2D eigenvalue weighted by atomic mass is 35.5. The molecule has 0 aromatic heterocycles. The van der Waals surface area contributed by atoms with Gasteiger partial charge in [-0.3, -0.25) is 0 Å². The van der Waals surface area contributed by atoms with Gasteiger partial charge in [0.05, 0.1) is 5.75 Å². The average molecular weight is 248 g/mol. The molecule has 84 valence electrons. The van der Waals surface area contributed by atoms with E-state index in [0.29, 0.717) is 5.02 Å². The molecule has 1 unspecified atom stereocenters. The highest BCUT2D eigenvalue weighted by Crippen LogP contribution is 2.14. The minimum Gasteiger partial charge on any atom is -0.382 e. The molecule has 1 atom stereocenters. The molecule has 3 nitrogen and oxygen atoms in total. The van der Waals surface area contributed by atoms with Crippen LogP contribution < -0.4 is 5.32 Å². The lowest BCUT2D eigenvalue weighted by molar-refractivity contribution is 0.598. The van der Waals surface area contributed by atoms with Gasteiger partial charge in [0.2, 0.25) is 0 Å². The molecule has 0 saturated heterocycles. The fraction of sp³-hybridized carbons (Fsp3) is 0.400. The first-order chi connectivity index (χ1) is 6.87. The van der Waals surface area contributed by atoms with E-state index in [4.69, 9.17) is 11.6 Å². The summed E-state index contributed by atoms with van der Waals surface area (Å²) in [5.74, 6) is 0.121. The monoisotopic (exact) mass is 247 g/mol. The highest BCUT2D eigenvalue weighted by molar-refractivity contribution is 7.90. The number of hydrogen-bond donors (Lipinski definition) is 1. The molecule has 0 spiro atoms. The number of sulfone groups is 1. The first-order valence-electron chi connectivity index (χ1n) is 4.56. The molecule has 0 radical (unpaired) electrons. The quantitative estimate of drug-likeness (QED) is 0.887. The summed E-state index contributed by atoms with van der Waals surface area (Å²) in [7, 11) is -2.94. The maximum Gasteiger partial charge on any atom is 0.149 e. The predicted molar refractivity (Wildman–Crippen MR) is 64.2 cm³/mol. The summed E-state index contributed by atoms with van der Waals surface area (Å²) < 4.78 is 22.0. The van der Waals surface area contributed by atoms with E-state index in [1.807, 2.05) is 19.1 Å². The van der Waals surface area contributed by atoms with Crippen molar-refractivity contribution in [3.8, 4) is 0 Å². The van der Waals surface area contributed by atoms with E-state index in [0.717, 1.165) is 5.69 Å². The Morgan fingerprint density at radius 1 is 1.33 bits per heavy atom. The molecule has 0 bridgehead atoms. The maximum atomic E-state index is 11.0. The van der Waals surface area contributed by atoms with Gasteiger partial charge in [0.25, 0.3) is 0 Å². The fourth-order valence-corrected chi connectivity index (χ4v) is 2.44. The van der Waals surface area contributed by atoms with E-state index in [-0.39, 0.29) is 11.8 Å².